The molecular weight excluding hydrogens is 480 g/mol. The van der Waals surface area contributed by atoms with Crippen LogP contribution >= 0.6 is 27.3 Å². The van der Waals surface area contributed by atoms with Crippen LogP contribution in [0, 0.1) is 13.8 Å². The first-order valence-electron chi connectivity index (χ1n) is 9.37. The molecule has 4 aromatic rings. The van der Waals surface area contributed by atoms with Crippen molar-refractivity contribution in [2.75, 3.05) is 7.11 Å². The Labute approximate surface area is 191 Å². The molecule has 31 heavy (non-hydrogen) atoms. The van der Waals surface area contributed by atoms with E-state index in [9.17, 15) is 15.0 Å². The van der Waals surface area contributed by atoms with Gasteiger partial charge in [0, 0.05) is 14.9 Å². The lowest BCUT2D eigenvalue weighted by atomic mass is 9.99. The summed E-state index contributed by atoms with van der Waals surface area (Å²) in [6.07, 6.45) is 0. The fourth-order valence-corrected chi connectivity index (χ4v) is 4.45. The number of carbonyl (C=O) groups excluding carboxylic acids is 1. The van der Waals surface area contributed by atoms with E-state index in [0.29, 0.717) is 27.7 Å². The second-order valence-electron chi connectivity index (χ2n) is 6.93. The number of thiazole rings is 1. The summed E-state index contributed by atoms with van der Waals surface area (Å²) in [4.78, 5) is 19.0. The molecule has 0 saturated heterocycles. The number of methoxy groups -OCH3 is 1. The van der Waals surface area contributed by atoms with Crippen LogP contribution in [0.4, 0.5) is 0 Å². The second-order valence-corrected chi connectivity index (χ2v) is 9.03. The van der Waals surface area contributed by atoms with Gasteiger partial charge in [0.1, 0.15) is 5.75 Å². The molecule has 0 amide bonds. The van der Waals surface area contributed by atoms with E-state index >= 15 is 0 Å². The lowest BCUT2D eigenvalue weighted by Gasteiger charge is -2.10. The summed E-state index contributed by atoms with van der Waals surface area (Å²) in [5.41, 5.74) is 2.21. The first-order valence-corrected chi connectivity index (χ1v) is 11.0. The Hall–Kier alpha value is -3.10. The number of aryl methyl sites for hydroxylation is 2. The first kappa shape index (κ1) is 21.1. The molecule has 0 aliphatic heterocycles. The zero-order valence-corrected chi connectivity index (χ0v) is 19.4. The van der Waals surface area contributed by atoms with E-state index in [0.717, 1.165) is 15.0 Å². The van der Waals surface area contributed by atoms with Crippen molar-refractivity contribution in [1.29, 1.82) is 0 Å². The minimum absolute atomic E-state index is 0.00972. The number of halogens is 1. The summed E-state index contributed by atoms with van der Waals surface area (Å²) >= 11 is 4.79. The van der Waals surface area contributed by atoms with Crippen molar-refractivity contribution in [3.8, 4) is 33.8 Å². The zero-order chi connectivity index (χ0) is 22.3. The Bertz CT molecular complexity index is 1260. The number of benzene rings is 2. The number of nitrogens with zero attached hydrogens (tertiary/aromatic N) is 2. The maximum absolute atomic E-state index is 13.4. The van der Waals surface area contributed by atoms with Crippen LogP contribution in [0.3, 0.4) is 0 Å². The standard InChI is InChI=1S/C23H19BrN2O4S/c1-12-13(2)31-23(25-12)26-19(14-4-8-16(24)9-5-14)18(21(28)22(26)29)20(27)15-6-10-17(30-3)11-7-15/h4-11,28-29H,1-3H3. The molecule has 158 valence electrons. The average Bonchev–Trinajstić information content (AvgIpc) is 3.23. The van der Waals surface area contributed by atoms with Crippen molar-refractivity contribution in [2.24, 2.45) is 0 Å². The third-order valence-electron chi connectivity index (χ3n) is 5.03. The van der Waals surface area contributed by atoms with Gasteiger partial charge in [-0.1, -0.05) is 28.1 Å². The molecule has 0 spiro atoms. The van der Waals surface area contributed by atoms with Gasteiger partial charge >= 0.3 is 0 Å². The summed E-state index contributed by atoms with van der Waals surface area (Å²) < 4.78 is 7.46. The molecule has 0 radical (unpaired) electrons. The number of aromatic nitrogens is 2. The largest absolute Gasteiger partial charge is 0.503 e. The van der Waals surface area contributed by atoms with E-state index < -0.39 is 17.4 Å². The van der Waals surface area contributed by atoms with Gasteiger partial charge in [0.15, 0.2) is 16.7 Å². The Kier molecular flexibility index (Phi) is 5.60. The van der Waals surface area contributed by atoms with Gasteiger partial charge in [-0.05, 0) is 55.8 Å². The highest BCUT2D eigenvalue weighted by molar-refractivity contribution is 9.10. The lowest BCUT2D eigenvalue weighted by molar-refractivity contribution is 0.103. The molecule has 0 bridgehead atoms. The van der Waals surface area contributed by atoms with E-state index in [1.54, 1.807) is 31.4 Å². The molecule has 0 fully saturated rings. The normalized spacial score (nSPS) is 11.0. The number of ketones is 1. The Morgan fingerprint density at radius 2 is 1.71 bits per heavy atom. The number of carbonyl (C=O) groups is 1. The predicted molar refractivity (Wildman–Crippen MR) is 124 cm³/mol. The number of hydrogen-bond acceptors (Lipinski definition) is 6. The molecular formula is C23H19BrN2O4S. The van der Waals surface area contributed by atoms with Gasteiger partial charge in [-0.2, -0.15) is 0 Å². The number of aromatic hydroxyl groups is 2. The van der Waals surface area contributed by atoms with Gasteiger partial charge in [-0.25, -0.2) is 4.98 Å². The summed E-state index contributed by atoms with van der Waals surface area (Å²) in [7, 11) is 1.55. The van der Waals surface area contributed by atoms with Crippen LogP contribution < -0.4 is 4.74 Å². The van der Waals surface area contributed by atoms with Crippen molar-refractivity contribution in [3.05, 3.63) is 74.7 Å². The molecule has 6 nitrogen and oxygen atoms in total. The Morgan fingerprint density at radius 1 is 1.06 bits per heavy atom. The van der Waals surface area contributed by atoms with Crippen LogP contribution in [0.2, 0.25) is 0 Å². The van der Waals surface area contributed by atoms with E-state index in [1.165, 1.54) is 15.9 Å². The quantitative estimate of drug-likeness (QED) is 0.348. The molecule has 0 aliphatic rings. The van der Waals surface area contributed by atoms with Crippen LogP contribution in [0.25, 0.3) is 16.4 Å². The van der Waals surface area contributed by atoms with E-state index in [1.807, 2.05) is 38.1 Å². The summed E-state index contributed by atoms with van der Waals surface area (Å²) in [5.74, 6) is -0.715. The fraction of sp³-hybridized carbons (Fsp3) is 0.130. The second kappa shape index (κ2) is 8.20. The van der Waals surface area contributed by atoms with Crippen LogP contribution in [0.5, 0.6) is 17.4 Å². The van der Waals surface area contributed by atoms with Gasteiger partial charge in [-0.3, -0.25) is 9.36 Å². The monoisotopic (exact) mass is 498 g/mol. The predicted octanol–water partition coefficient (Wildman–Crippen LogP) is 5.63. The topological polar surface area (TPSA) is 84.6 Å². The van der Waals surface area contributed by atoms with E-state index in [4.69, 9.17) is 4.74 Å². The van der Waals surface area contributed by atoms with Gasteiger partial charge in [-0.15, -0.1) is 11.3 Å². The van der Waals surface area contributed by atoms with Crippen LogP contribution in [-0.4, -0.2) is 32.7 Å². The molecule has 8 heteroatoms. The number of rotatable bonds is 5. The molecule has 2 aromatic carbocycles. The summed E-state index contributed by atoms with van der Waals surface area (Å²) in [6.45, 7) is 3.80. The van der Waals surface area contributed by atoms with Crippen molar-refractivity contribution >= 4 is 33.0 Å². The molecule has 2 heterocycles. The highest BCUT2D eigenvalue weighted by Gasteiger charge is 2.31. The maximum Gasteiger partial charge on any atom is 0.242 e. The first-order chi connectivity index (χ1) is 14.8. The smallest absolute Gasteiger partial charge is 0.242 e. The number of hydrogen-bond donors (Lipinski definition) is 2. The van der Waals surface area contributed by atoms with Gasteiger partial charge in [0.05, 0.1) is 24.1 Å². The fourth-order valence-electron chi connectivity index (χ4n) is 3.27. The van der Waals surface area contributed by atoms with Gasteiger partial charge in [0.2, 0.25) is 5.88 Å². The average molecular weight is 499 g/mol. The molecule has 0 unspecified atom stereocenters. The van der Waals surface area contributed by atoms with E-state index in [-0.39, 0.29) is 5.56 Å². The minimum Gasteiger partial charge on any atom is -0.503 e. The van der Waals surface area contributed by atoms with E-state index in [2.05, 4.69) is 20.9 Å². The van der Waals surface area contributed by atoms with Crippen molar-refractivity contribution < 1.29 is 19.7 Å². The Morgan fingerprint density at radius 3 is 2.26 bits per heavy atom. The Balaban J connectivity index is 1.99. The molecule has 0 atom stereocenters. The van der Waals surface area contributed by atoms with Crippen LogP contribution in [-0.2, 0) is 0 Å². The van der Waals surface area contributed by atoms with Crippen LogP contribution in [0.15, 0.2) is 53.0 Å². The molecule has 4 rings (SSSR count). The lowest BCUT2D eigenvalue weighted by Crippen LogP contribution is -2.05. The van der Waals surface area contributed by atoms with Crippen molar-refractivity contribution in [3.63, 3.8) is 0 Å². The van der Waals surface area contributed by atoms with Gasteiger partial charge < -0.3 is 14.9 Å². The molecule has 0 aliphatic carbocycles. The van der Waals surface area contributed by atoms with Crippen LogP contribution in [0.1, 0.15) is 26.5 Å². The molecule has 2 aromatic heterocycles. The zero-order valence-electron chi connectivity index (χ0n) is 17.0. The highest BCUT2D eigenvalue weighted by Crippen LogP contribution is 2.45. The maximum atomic E-state index is 13.4. The summed E-state index contributed by atoms with van der Waals surface area (Å²) in [5, 5.41) is 22.1. The van der Waals surface area contributed by atoms with Crippen molar-refractivity contribution in [2.45, 2.75) is 13.8 Å². The minimum atomic E-state index is -0.482. The van der Waals surface area contributed by atoms with Gasteiger partial charge in [0.25, 0.3) is 0 Å². The van der Waals surface area contributed by atoms with Crippen molar-refractivity contribution in [1.82, 2.24) is 9.55 Å². The number of ether oxygens (including phenoxy) is 1. The third kappa shape index (κ3) is 3.73. The molecule has 2 N–H and O–H groups in total. The highest BCUT2D eigenvalue weighted by atomic mass is 79.9. The summed E-state index contributed by atoms with van der Waals surface area (Å²) in [6, 6.07) is 13.9. The molecule has 0 saturated carbocycles. The SMILES string of the molecule is COc1ccc(C(=O)c2c(O)c(O)n(-c3nc(C)c(C)s3)c2-c2ccc(Br)cc2)cc1. The third-order valence-corrected chi connectivity index (χ3v) is 6.61.